The van der Waals surface area contributed by atoms with E-state index in [1.165, 1.54) is 0 Å². The predicted octanol–water partition coefficient (Wildman–Crippen LogP) is 0.760. The highest BCUT2D eigenvalue weighted by atomic mass is 16.5. The number of hydrogen-bond donors (Lipinski definition) is 2. The summed E-state index contributed by atoms with van der Waals surface area (Å²) in [5.41, 5.74) is 6.55. The monoisotopic (exact) mass is 233 g/mol. The summed E-state index contributed by atoms with van der Waals surface area (Å²) in [7, 11) is 0. The molecule has 1 unspecified atom stereocenters. The highest BCUT2D eigenvalue weighted by Crippen LogP contribution is 2.17. The van der Waals surface area contributed by atoms with E-state index in [0.29, 0.717) is 11.7 Å². The Morgan fingerprint density at radius 3 is 3.35 bits per heavy atom. The van der Waals surface area contributed by atoms with Crippen LogP contribution in [0.4, 0.5) is 11.6 Å². The molecule has 0 amide bonds. The van der Waals surface area contributed by atoms with Crippen LogP contribution < -0.4 is 11.1 Å². The Kier molecular flexibility index (Phi) is 2.56. The number of fused-ring (bicyclic) bond motifs is 1. The minimum absolute atomic E-state index is 0.487. The number of aromatic nitrogens is 3. The molecule has 2 aromatic heterocycles. The molecule has 0 bridgehead atoms. The van der Waals surface area contributed by atoms with E-state index in [1.54, 1.807) is 12.4 Å². The molecule has 1 fully saturated rings. The molecule has 3 N–H and O–H groups in total. The number of hydrogen-bond acceptors (Lipinski definition) is 5. The summed E-state index contributed by atoms with van der Waals surface area (Å²) in [6, 6.07) is 0. The van der Waals surface area contributed by atoms with Crippen molar-refractivity contribution in [2.75, 3.05) is 30.8 Å². The number of nitrogens with two attached hydrogens (primary N) is 1. The third-order valence-corrected chi connectivity index (χ3v) is 2.97. The summed E-state index contributed by atoms with van der Waals surface area (Å²) in [5.74, 6) is 1.77. The van der Waals surface area contributed by atoms with Crippen LogP contribution >= 0.6 is 0 Å². The molecular weight excluding hydrogens is 218 g/mol. The van der Waals surface area contributed by atoms with Crippen LogP contribution in [-0.4, -0.2) is 34.1 Å². The Bertz CT molecular complexity index is 518. The summed E-state index contributed by atoms with van der Waals surface area (Å²) in [6.45, 7) is 2.52. The Labute approximate surface area is 98.8 Å². The second kappa shape index (κ2) is 4.21. The number of imidazole rings is 1. The van der Waals surface area contributed by atoms with Crippen molar-refractivity contribution in [1.82, 2.24) is 14.4 Å². The molecule has 3 rings (SSSR count). The molecule has 90 valence electrons. The minimum atomic E-state index is 0.487. The summed E-state index contributed by atoms with van der Waals surface area (Å²) in [5, 5.41) is 3.30. The predicted molar refractivity (Wildman–Crippen MR) is 64.8 cm³/mol. The summed E-state index contributed by atoms with van der Waals surface area (Å²) >= 11 is 0. The van der Waals surface area contributed by atoms with Crippen LogP contribution in [0.5, 0.6) is 0 Å². The van der Waals surface area contributed by atoms with Gasteiger partial charge in [0.05, 0.1) is 12.8 Å². The number of ether oxygens (including phenoxy) is 1. The van der Waals surface area contributed by atoms with E-state index >= 15 is 0 Å². The van der Waals surface area contributed by atoms with Gasteiger partial charge in [0.15, 0.2) is 11.5 Å². The van der Waals surface area contributed by atoms with Crippen LogP contribution in [-0.2, 0) is 4.74 Å². The first kappa shape index (κ1) is 10.3. The van der Waals surface area contributed by atoms with E-state index in [0.717, 1.165) is 37.6 Å². The van der Waals surface area contributed by atoms with Crippen molar-refractivity contribution in [2.24, 2.45) is 5.92 Å². The van der Waals surface area contributed by atoms with E-state index in [4.69, 9.17) is 10.5 Å². The van der Waals surface area contributed by atoms with Gasteiger partial charge in [-0.25, -0.2) is 9.97 Å². The van der Waals surface area contributed by atoms with Crippen LogP contribution in [0.1, 0.15) is 6.42 Å². The molecule has 3 heterocycles. The first-order valence-electron chi connectivity index (χ1n) is 5.74. The summed E-state index contributed by atoms with van der Waals surface area (Å²) in [4.78, 5) is 8.53. The van der Waals surface area contributed by atoms with Crippen molar-refractivity contribution >= 4 is 17.3 Å². The van der Waals surface area contributed by atoms with Gasteiger partial charge in [0.2, 0.25) is 0 Å². The smallest absolute Gasteiger partial charge is 0.180 e. The Morgan fingerprint density at radius 1 is 1.59 bits per heavy atom. The number of rotatable bonds is 3. The molecule has 1 saturated heterocycles. The quantitative estimate of drug-likeness (QED) is 0.818. The molecule has 0 aliphatic carbocycles. The molecule has 0 saturated carbocycles. The molecule has 17 heavy (non-hydrogen) atoms. The van der Waals surface area contributed by atoms with E-state index < -0.39 is 0 Å². The van der Waals surface area contributed by atoms with Gasteiger partial charge in [-0.2, -0.15) is 0 Å². The van der Waals surface area contributed by atoms with Gasteiger partial charge in [0, 0.05) is 31.5 Å². The second-order valence-corrected chi connectivity index (χ2v) is 4.28. The van der Waals surface area contributed by atoms with E-state index in [-0.39, 0.29) is 0 Å². The second-order valence-electron chi connectivity index (χ2n) is 4.28. The van der Waals surface area contributed by atoms with Gasteiger partial charge in [-0.15, -0.1) is 0 Å². The van der Waals surface area contributed by atoms with Crippen LogP contribution in [0.2, 0.25) is 0 Å². The Hall–Kier alpha value is -1.82. The molecule has 6 nitrogen and oxygen atoms in total. The molecular formula is C11H15N5O. The third kappa shape index (κ3) is 2.03. The van der Waals surface area contributed by atoms with Gasteiger partial charge >= 0.3 is 0 Å². The molecule has 1 aliphatic heterocycles. The lowest BCUT2D eigenvalue weighted by Gasteiger charge is -2.11. The van der Waals surface area contributed by atoms with Crippen molar-refractivity contribution in [3.63, 3.8) is 0 Å². The number of nitrogen functional groups attached to an aromatic ring is 1. The Balaban J connectivity index is 1.81. The topological polar surface area (TPSA) is 77.5 Å². The van der Waals surface area contributed by atoms with E-state index in [1.807, 2.05) is 10.6 Å². The highest BCUT2D eigenvalue weighted by Gasteiger charge is 2.16. The number of nitrogens with one attached hydrogen (secondary N) is 1. The number of nitrogens with zero attached hydrogens (tertiary/aromatic N) is 3. The minimum Gasteiger partial charge on any atom is -0.382 e. The lowest BCUT2D eigenvalue weighted by atomic mass is 10.1. The largest absolute Gasteiger partial charge is 0.382 e. The first-order chi connectivity index (χ1) is 8.33. The number of anilines is 2. The molecule has 0 aromatic carbocycles. The van der Waals surface area contributed by atoms with E-state index in [9.17, 15) is 0 Å². The Morgan fingerprint density at radius 2 is 2.53 bits per heavy atom. The van der Waals surface area contributed by atoms with Gasteiger partial charge in [0.25, 0.3) is 0 Å². The highest BCUT2D eigenvalue weighted by molar-refractivity contribution is 5.64. The van der Waals surface area contributed by atoms with Crippen molar-refractivity contribution in [3.05, 3.63) is 18.6 Å². The maximum atomic E-state index is 5.74. The molecule has 0 radical (unpaired) electrons. The standard InChI is InChI=1S/C11H15N5O/c12-9-6-16-3-2-13-11(16)10(15-9)14-5-8-1-4-17-7-8/h2-3,6,8H,1,4-5,7,12H2,(H,14,15). The fourth-order valence-electron chi connectivity index (χ4n) is 2.06. The first-order valence-corrected chi connectivity index (χ1v) is 5.74. The summed E-state index contributed by atoms with van der Waals surface area (Å²) < 4.78 is 7.21. The normalized spacial score (nSPS) is 19.9. The molecule has 1 aliphatic rings. The average molecular weight is 233 g/mol. The molecule has 2 aromatic rings. The zero-order valence-corrected chi connectivity index (χ0v) is 9.47. The summed E-state index contributed by atoms with van der Waals surface area (Å²) in [6.07, 6.45) is 6.45. The van der Waals surface area contributed by atoms with Crippen LogP contribution in [0.25, 0.3) is 5.65 Å². The fraction of sp³-hybridized carbons (Fsp3) is 0.455. The maximum absolute atomic E-state index is 5.74. The van der Waals surface area contributed by atoms with Gasteiger partial charge < -0.3 is 20.2 Å². The zero-order chi connectivity index (χ0) is 11.7. The van der Waals surface area contributed by atoms with Crippen molar-refractivity contribution in [1.29, 1.82) is 0 Å². The average Bonchev–Trinajstić information content (AvgIpc) is 2.95. The van der Waals surface area contributed by atoms with Crippen molar-refractivity contribution in [2.45, 2.75) is 6.42 Å². The molecule has 6 heteroatoms. The van der Waals surface area contributed by atoms with Crippen molar-refractivity contribution in [3.8, 4) is 0 Å². The third-order valence-electron chi connectivity index (χ3n) is 2.97. The van der Waals surface area contributed by atoms with E-state index in [2.05, 4.69) is 15.3 Å². The van der Waals surface area contributed by atoms with Crippen LogP contribution in [0.15, 0.2) is 18.6 Å². The maximum Gasteiger partial charge on any atom is 0.180 e. The molecule has 1 atom stereocenters. The zero-order valence-electron chi connectivity index (χ0n) is 9.47. The van der Waals surface area contributed by atoms with Gasteiger partial charge in [-0.3, -0.25) is 0 Å². The SMILES string of the molecule is Nc1cn2ccnc2c(NCC2CCOC2)n1. The van der Waals surface area contributed by atoms with Gasteiger partial charge in [-0.05, 0) is 6.42 Å². The fourth-order valence-corrected chi connectivity index (χ4v) is 2.06. The van der Waals surface area contributed by atoms with Crippen LogP contribution in [0.3, 0.4) is 0 Å². The van der Waals surface area contributed by atoms with Crippen LogP contribution in [0, 0.1) is 5.92 Å². The molecule has 0 spiro atoms. The lowest BCUT2D eigenvalue weighted by molar-refractivity contribution is 0.187. The lowest BCUT2D eigenvalue weighted by Crippen LogP contribution is -2.16. The van der Waals surface area contributed by atoms with Gasteiger partial charge in [0.1, 0.15) is 5.82 Å². The van der Waals surface area contributed by atoms with Gasteiger partial charge in [-0.1, -0.05) is 0 Å². The van der Waals surface area contributed by atoms with Crippen molar-refractivity contribution < 1.29 is 4.74 Å².